The molecule has 0 unspecified atom stereocenters. The maximum Gasteiger partial charge on any atom is 0.258 e. The van der Waals surface area contributed by atoms with Crippen molar-refractivity contribution in [2.24, 2.45) is 0 Å². The molecule has 0 saturated carbocycles. The van der Waals surface area contributed by atoms with Gasteiger partial charge >= 0.3 is 0 Å². The molecule has 0 aliphatic carbocycles. The normalized spacial score (nSPS) is 12.8. The van der Waals surface area contributed by atoms with Crippen LogP contribution in [0.2, 0.25) is 0 Å². The van der Waals surface area contributed by atoms with Crippen LogP contribution >= 0.6 is 11.8 Å². The van der Waals surface area contributed by atoms with E-state index >= 15 is 0 Å². The minimum atomic E-state index is -0.725. The van der Waals surface area contributed by atoms with Gasteiger partial charge in [0.2, 0.25) is 0 Å². The predicted octanol–water partition coefficient (Wildman–Crippen LogP) is 0.281. The first-order valence-corrected chi connectivity index (χ1v) is 6.70. The highest BCUT2D eigenvalue weighted by atomic mass is 32.2. The fourth-order valence-electron chi connectivity index (χ4n) is 1.53. The van der Waals surface area contributed by atoms with E-state index < -0.39 is 6.10 Å². The number of aliphatic hydroxyl groups is 2. The van der Waals surface area contributed by atoms with Crippen molar-refractivity contribution in [1.29, 1.82) is 0 Å². The van der Waals surface area contributed by atoms with Crippen LogP contribution < -0.4 is 5.56 Å². The summed E-state index contributed by atoms with van der Waals surface area (Å²) in [5, 5.41) is 17.9. The number of hydrogen-bond donors (Lipinski definition) is 2. The molecule has 2 heterocycles. The third-order valence-electron chi connectivity index (χ3n) is 2.39. The van der Waals surface area contributed by atoms with Gasteiger partial charge in [0.05, 0.1) is 18.4 Å². The van der Waals surface area contributed by atoms with Crippen molar-refractivity contribution in [2.45, 2.75) is 11.9 Å². The fourth-order valence-corrected chi connectivity index (χ4v) is 2.38. The Morgan fingerprint density at radius 3 is 3.06 bits per heavy atom. The average Bonchev–Trinajstić information content (AvgIpc) is 2.38. The minimum Gasteiger partial charge on any atom is -0.394 e. The Labute approximate surface area is 108 Å². The van der Waals surface area contributed by atoms with Crippen LogP contribution in [0.5, 0.6) is 0 Å². The number of thioether (sulfide) groups is 1. The molecule has 2 rings (SSSR count). The van der Waals surface area contributed by atoms with Gasteiger partial charge in [-0.3, -0.25) is 9.20 Å². The summed E-state index contributed by atoms with van der Waals surface area (Å²) in [6.07, 6.45) is 0.952. The van der Waals surface area contributed by atoms with E-state index in [2.05, 4.69) is 4.98 Å². The van der Waals surface area contributed by atoms with Crippen molar-refractivity contribution in [3.05, 3.63) is 46.5 Å². The van der Waals surface area contributed by atoms with E-state index in [4.69, 9.17) is 5.11 Å². The van der Waals surface area contributed by atoms with Gasteiger partial charge in [-0.2, -0.15) is 11.8 Å². The Morgan fingerprint density at radius 2 is 2.28 bits per heavy atom. The highest BCUT2D eigenvalue weighted by molar-refractivity contribution is 7.98. The standard InChI is InChI=1S/C12H14N2O3S/c15-6-10(16)8-18-7-9-5-12(17)14-4-2-1-3-11(14)13-9/h1-5,10,15-16H,6-8H2/t10-/m0/s1. The lowest BCUT2D eigenvalue weighted by molar-refractivity contribution is 0.113. The Balaban J connectivity index is 2.12. The third kappa shape index (κ3) is 3.10. The first kappa shape index (κ1) is 13.1. The second-order valence-electron chi connectivity index (χ2n) is 3.87. The van der Waals surface area contributed by atoms with Crippen molar-refractivity contribution in [3.63, 3.8) is 0 Å². The SMILES string of the molecule is O=c1cc(CSC[C@@H](O)CO)nc2ccccn12. The summed E-state index contributed by atoms with van der Waals surface area (Å²) in [6, 6.07) is 6.87. The van der Waals surface area contributed by atoms with Crippen molar-refractivity contribution in [3.8, 4) is 0 Å². The Morgan fingerprint density at radius 1 is 1.44 bits per heavy atom. The summed E-state index contributed by atoms with van der Waals surface area (Å²) >= 11 is 1.44. The summed E-state index contributed by atoms with van der Waals surface area (Å²) < 4.78 is 1.48. The maximum atomic E-state index is 11.8. The van der Waals surface area contributed by atoms with E-state index in [1.54, 1.807) is 18.3 Å². The first-order chi connectivity index (χ1) is 8.70. The molecule has 0 bridgehead atoms. The van der Waals surface area contributed by atoms with Crippen LogP contribution in [-0.4, -0.2) is 38.1 Å². The lowest BCUT2D eigenvalue weighted by atomic mass is 10.4. The topological polar surface area (TPSA) is 74.8 Å². The van der Waals surface area contributed by atoms with Crippen LogP contribution in [0.25, 0.3) is 5.65 Å². The van der Waals surface area contributed by atoms with Gasteiger partial charge in [-0.05, 0) is 12.1 Å². The summed E-state index contributed by atoms with van der Waals surface area (Å²) in [5.74, 6) is 0.962. The van der Waals surface area contributed by atoms with Gasteiger partial charge < -0.3 is 10.2 Å². The summed E-state index contributed by atoms with van der Waals surface area (Å²) in [4.78, 5) is 16.1. The van der Waals surface area contributed by atoms with E-state index in [-0.39, 0.29) is 12.2 Å². The molecule has 0 aliphatic heterocycles. The summed E-state index contributed by atoms with van der Waals surface area (Å²) in [5.41, 5.74) is 1.18. The molecule has 2 N–H and O–H groups in total. The fraction of sp³-hybridized carbons (Fsp3) is 0.333. The van der Waals surface area contributed by atoms with Crippen LogP contribution in [0.1, 0.15) is 5.69 Å². The molecule has 0 aromatic carbocycles. The summed E-state index contributed by atoms with van der Waals surface area (Å²) in [6.45, 7) is -0.249. The van der Waals surface area contributed by atoms with Crippen LogP contribution in [-0.2, 0) is 5.75 Å². The zero-order valence-electron chi connectivity index (χ0n) is 9.69. The van der Waals surface area contributed by atoms with Crippen LogP contribution in [0, 0.1) is 0 Å². The van der Waals surface area contributed by atoms with E-state index in [1.807, 2.05) is 6.07 Å². The van der Waals surface area contributed by atoms with Crippen LogP contribution in [0.15, 0.2) is 35.3 Å². The number of hydrogen-bond acceptors (Lipinski definition) is 5. The molecule has 2 aromatic heterocycles. The highest BCUT2D eigenvalue weighted by Gasteiger charge is 2.05. The summed E-state index contributed by atoms with van der Waals surface area (Å²) in [7, 11) is 0. The Hall–Kier alpha value is -1.37. The van der Waals surface area contributed by atoms with E-state index in [1.165, 1.54) is 22.2 Å². The van der Waals surface area contributed by atoms with Gasteiger partial charge in [0.25, 0.3) is 5.56 Å². The second kappa shape index (κ2) is 5.99. The molecule has 2 aromatic rings. The molecule has 0 amide bonds. The Bertz CT molecular complexity index is 585. The molecule has 1 atom stereocenters. The molecule has 0 fully saturated rings. The van der Waals surface area contributed by atoms with Crippen molar-refractivity contribution < 1.29 is 10.2 Å². The second-order valence-corrected chi connectivity index (χ2v) is 4.90. The molecule has 0 radical (unpaired) electrons. The molecule has 6 heteroatoms. The van der Waals surface area contributed by atoms with Gasteiger partial charge in [0, 0.05) is 23.8 Å². The van der Waals surface area contributed by atoms with Crippen LogP contribution in [0.4, 0.5) is 0 Å². The number of aliphatic hydroxyl groups excluding tert-OH is 2. The third-order valence-corrected chi connectivity index (χ3v) is 3.52. The number of nitrogens with zero attached hydrogens (tertiary/aromatic N) is 2. The monoisotopic (exact) mass is 266 g/mol. The van der Waals surface area contributed by atoms with E-state index in [0.717, 1.165) is 0 Å². The van der Waals surface area contributed by atoms with Crippen molar-refractivity contribution >= 4 is 17.4 Å². The first-order valence-electron chi connectivity index (χ1n) is 5.54. The minimum absolute atomic E-state index is 0.112. The predicted molar refractivity (Wildman–Crippen MR) is 70.7 cm³/mol. The Kier molecular flexibility index (Phi) is 4.35. The van der Waals surface area contributed by atoms with Gasteiger partial charge in [0.1, 0.15) is 5.65 Å². The molecular weight excluding hydrogens is 252 g/mol. The van der Waals surface area contributed by atoms with Crippen molar-refractivity contribution in [1.82, 2.24) is 9.38 Å². The zero-order chi connectivity index (χ0) is 13.0. The molecule has 0 saturated heterocycles. The molecule has 18 heavy (non-hydrogen) atoms. The van der Waals surface area contributed by atoms with Gasteiger partial charge in [-0.1, -0.05) is 6.07 Å². The number of fused-ring (bicyclic) bond motifs is 1. The van der Waals surface area contributed by atoms with Gasteiger partial charge in [-0.15, -0.1) is 0 Å². The number of aromatic nitrogens is 2. The molecule has 96 valence electrons. The smallest absolute Gasteiger partial charge is 0.258 e. The zero-order valence-corrected chi connectivity index (χ0v) is 10.5. The van der Waals surface area contributed by atoms with Gasteiger partial charge in [0.15, 0.2) is 0 Å². The average molecular weight is 266 g/mol. The van der Waals surface area contributed by atoms with E-state index in [9.17, 15) is 9.90 Å². The van der Waals surface area contributed by atoms with E-state index in [0.29, 0.717) is 22.8 Å². The lowest BCUT2D eigenvalue weighted by Gasteiger charge is -2.06. The highest BCUT2D eigenvalue weighted by Crippen LogP contribution is 2.11. The molecular formula is C12H14N2O3S. The molecule has 5 nitrogen and oxygen atoms in total. The largest absolute Gasteiger partial charge is 0.394 e. The quantitative estimate of drug-likeness (QED) is 0.813. The van der Waals surface area contributed by atoms with Crippen molar-refractivity contribution in [2.75, 3.05) is 12.4 Å². The number of pyridine rings is 1. The van der Waals surface area contributed by atoms with Crippen LogP contribution in [0.3, 0.4) is 0 Å². The number of rotatable bonds is 5. The maximum absolute atomic E-state index is 11.8. The molecule has 0 spiro atoms. The molecule has 0 aliphatic rings. The lowest BCUT2D eigenvalue weighted by Crippen LogP contribution is -2.16. The van der Waals surface area contributed by atoms with Gasteiger partial charge in [-0.25, -0.2) is 4.98 Å².